The number of nitrogens with zero attached hydrogens (tertiary/aromatic N) is 1. The lowest BCUT2D eigenvalue weighted by Gasteiger charge is -2.18. The van der Waals surface area contributed by atoms with Crippen molar-refractivity contribution in [2.45, 2.75) is 33.4 Å². The summed E-state index contributed by atoms with van der Waals surface area (Å²) in [7, 11) is 0. The number of ether oxygens (including phenoxy) is 1. The third-order valence-corrected chi connectivity index (χ3v) is 3.91. The molecule has 0 unspecified atom stereocenters. The summed E-state index contributed by atoms with van der Waals surface area (Å²) in [6.45, 7) is 6.44. The van der Waals surface area contributed by atoms with Crippen LogP contribution in [0.5, 0.6) is 5.75 Å². The summed E-state index contributed by atoms with van der Waals surface area (Å²) in [6, 6.07) is 16.5. The number of carbonyl (C=O) groups is 1. The maximum Gasteiger partial charge on any atom is 0.319 e. The van der Waals surface area contributed by atoms with Gasteiger partial charge in [-0.05, 0) is 42.7 Å². The van der Waals surface area contributed by atoms with Gasteiger partial charge in [0.15, 0.2) is 0 Å². The third kappa shape index (κ3) is 5.85. The lowest BCUT2D eigenvalue weighted by Crippen LogP contribution is -2.38. The lowest BCUT2D eigenvalue weighted by molar-refractivity contribution is 0.246. The van der Waals surface area contributed by atoms with Crippen molar-refractivity contribution in [1.82, 2.24) is 5.32 Å². The van der Waals surface area contributed by atoms with Crippen LogP contribution in [0.4, 0.5) is 10.5 Å². The average Bonchev–Trinajstić information content (AvgIpc) is 2.60. The molecule has 25 heavy (non-hydrogen) atoms. The first-order valence-electron chi connectivity index (χ1n) is 8.27. The van der Waals surface area contributed by atoms with Crippen molar-refractivity contribution in [2.75, 3.05) is 5.32 Å². The highest BCUT2D eigenvalue weighted by atomic mass is 16.5. The van der Waals surface area contributed by atoms with Crippen molar-refractivity contribution in [1.29, 1.82) is 5.26 Å². The van der Waals surface area contributed by atoms with E-state index in [4.69, 9.17) is 10.00 Å². The van der Waals surface area contributed by atoms with Crippen molar-refractivity contribution >= 4 is 11.7 Å². The molecule has 0 spiro atoms. The molecule has 130 valence electrons. The molecule has 5 nitrogen and oxygen atoms in total. The normalized spacial score (nSPS) is 11.5. The van der Waals surface area contributed by atoms with E-state index in [0.717, 1.165) is 5.56 Å². The molecule has 5 heteroatoms. The van der Waals surface area contributed by atoms with Crippen LogP contribution in [0.25, 0.3) is 0 Å². The van der Waals surface area contributed by atoms with E-state index in [9.17, 15) is 4.79 Å². The number of hydrogen-bond donors (Lipinski definition) is 2. The molecule has 0 aliphatic rings. The molecule has 0 saturated heterocycles. The van der Waals surface area contributed by atoms with Crippen LogP contribution < -0.4 is 15.4 Å². The second kappa shape index (κ2) is 8.74. The molecule has 2 aromatic rings. The Morgan fingerprint density at radius 1 is 1.16 bits per heavy atom. The number of carbonyl (C=O) groups excluding carboxylic acids is 1. The number of nitriles is 1. The second-order valence-electron chi connectivity index (χ2n) is 6.26. The summed E-state index contributed by atoms with van der Waals surface area (Å²) in [5.74, 6) is 1.02. The Morgan fingerprint density at radius 2 is 1.92 bits per heavy atom. The Labute approximate surface area is 148 Å². The van der Waals surface area contributed by atoms with Crippen molar-refractivity contribution in [2.24, 2.45) is 5.92 Å². The zero-order valence-electron chi connectivity index (χ0n) is 14.7. The van der Waals surface area contributed by atoms with Gasteiger partial charge in [-0.3, -0.25) is 0 Å². The molecule has 0 saturated carbocycles. The highest BCUT2D eigenvalue weighted by Gasteiger charge is 2.10. The average molecular weight is 337 g/mol. The Bertz CT molecular complexity index is 766. The van der Waals surface area contributed by atoms with E-state index in [2.05, 4.69) is 30.6 Å². The summed E-state index contributed by atoms with van der Waals surface area (Å²) >= 11 is 0. The van der Waals surface area contributed by atoms with Gasteiger partial charge in [-0.2, -0.15) is 5.26 Å². The van der Waals surface area contributed by atoms with Crippen molar-refractivity contribution in [3.8, 4) is 11.8 Å². The van der Waals surface area contributed by atoms with E-state index in [0.29, 0.717) is 29.5 Å². The molecule has 2 N–H and O–H groups in total. The summed E-state index contributed by atoms with van der Waals surface area (Å²) in [6.07, 6.45) is 0. The second-order valence-corrected chi connectivity index (χ2v) is 6.26. The van der Waals surface area contributed by atoms with E-state index in [-0.39, 0.29) is 12.1 Å². The molecule has 2 rings (SSSR count). The van der Waals surface area contributed by atoms with Gasteiger partial charge in [-0.1, -0.05) is 32.0 Å². The molecule has 0 heterocycles. The SMILES string of the molecule is CC(C)[C@H](C)NC(=O)Nc1cccc(OCc2cccc(C#N)c2)c1. The van der Waals surface area contributed by atoms with Gasteiger partial charge in [0.25, 0.3) is 0 Å². The molecule has 1 atom stereocenters. The molecular formula is C20H23N3O2. The standard InChI is InChI=1S/C20H23N3O2/c1-14(2)15(3)22-20(24)23-18-8-5-9-19(11-18)25-13-17-7-4-6-16(10-17)12-21/h4-11,14-15H,13H2,1-3H3,(H2,22,23,24)/t15-/m0/s1. The summed E-state index contributed by atoms with van der Waals surface area (Å²) in [4.78, 5) is 12.0. The fourth-order valence-electron chi connectivity index (χ4n) is 2.10. The number of hydrogen-bond acceptors (Lipinski definition) is 3. The van der Waals surface area contributed by atoms with Gasteiger partial charge in [0.05, 0.1) is 11.6 Å². The van der Waals surface area contributed by atoms with Gasteiger partial charge < -0.3 is 15.4 Å². The van der Waals surface area contributed by atoms with Crippen LogP contribution in [-0.2, 0) is 6.61 Å². The molecule has 0 aromatic heterocycles. The molecular weight excluding hydrogens is 314 g/mol. The van der Waals surface area contributed by atoms with Crippen molar-refractivity contribution in [3.05, 3.63) is 59.7 Å². The van der Waals surface area contributed by atoms with E-state index in [1.165, 1.54) is 0 Å². The number of urea groups is 1. The van der Waals surface area contributed by atoms with Gasteiger partial charge in [0.2, 0.25) is 0 Å². The Kier molecular flexibility index (Phi) is 6.41. The summed E-state index contributed by atoms with van der Waals surface area (Å²) in [5.41, 5.74) is 2.19. The van der Waals surface area contributed by atoms with Gasteiger partial charge in [-0.15, -0.1) is 0 Å². The highest BCUT2D eigenvalue weighted by Crippen LogP contribution is 2.19. The van der Waals surface area contributed by atoms with Crippen molar-refractivity contribution < 1.29 is 9.53 Å². The number of nitrogens with one attached hydrogen (secondary N) is 2. The van der Waals surface area contributed by atoms with E-state index in [1.54, 1.807) is 18.2 Å². The fraction of sp³-hybridized carbons (Fsp3) is 0.300. The van der Waals surface area contributed by atoms with E-state index >= 15 is 0 Å². The first-order valence-corrected chi connectivity index (χ1v) is 8.27. The quantitative estimate of drug-likeness (QED) is 0.825. The molecule has 0 bridgehead atoms. The summed E-state index contributed by atoms with van der Waals surface area (Å²) < 4.78 is 5.75. The van der Waals surface area contributed by atoms with Gasteiger partial charge in [0, 0.05) is 17.8 Å². The van der Waals surface area contributed by atoms with Gasteiger partial charge >= 0.3 is 6.03 Å². The van der Waals surface area contributed by atoms with E-state index in [1.807, 2.05) is 37.3 Å². The minimum Gasteiger partial charge on any atom is -0.489 e. The molecule has 0 aliphatic carbocycles. The van der Waals surface area contributed by atoms with E-state index < -0.39 is 0 Å². The van der Waals surface area contributed by atoms with Crippen LogP contribution in [0.1, 0.15) is 31.9 Å². The number of amides is 2. The van der Waals surface area contributed by atoms with Crippen LogP contribution in [0.15, 0.2) is 48.5 Å². The Balaban J connectivity index is 1.94. The maximum atomic E-state index is 12.0. The molecule has 0 fully saturated rings. The van der Waals surface area contributed by atoms with Gasteiger partial charge in [0.1, 0.15) is 12.4 Å². The first-order chi connectivity index (χ1) is 12.0. The maximum absolute atomic E-state index is 12.0. The topological polar surface area (TPSA) is 74.2 Å². The first kappa shape index (κ1) is 18.3. The summed E-state index contributed by atoms with van der Waals surface area (Å²) in [5, 5.41) is 14.6. The third-order valence-electron chi connectivity index (χ3n) is 3.91. The largest absolute Gasteiger partial charge is 0.489 e. The predicted octanol–water partition coefficient (Wildman–Crippen LogP) is 4.30. The highest BCUT2D eigenvalue weighted by molar-refractivity contribution is 5.89. The number of rotatable bonds is 6. The lowest BCUT2D eigenvalue weighted by atomic mass is 10.1. The number of anilines is 1. The molecule has 2 aromatic carbocycles. The van der Waals surface area contributed by atoms with Crippen LogP contribution in [0, 0.1) is 17.2 Å². The molecule has 0 aliphatic heterocycles. The minimum absolute atomic E-state index is 0.0897. The predicted molar refractivity (Wildman–Crippen MR) is 98.4 cm³/mol. The smallest absolute Gasteiger partial charge is 0.319 e. The number of benzene rings is 2. The molecule has 0 radical (unpaired) electrons. The zero-order valence-corrected chi connectivity index (χ0v) is 14.7. The van der Waals surface area contributed by atoms with Crippen molar-refractivity contribution in [3.63, 3.8) is 0 Å². The zero-order chi connectivity index (χ0) is 18.2. The van der Waals surface area contributed by atoms with Crippen LogP contribution >= 0.6 is 0 Å². The monoisotopic (exact) mass is 337 g/mol. The van der Waals surface area contributed by atoms with Crippen LogP contribution in [-0.4, -0.2) is 12.1 Å². The van der Waals surface area contributed by atoms with Crippen LogP contribution in [0.2, 0.25) is 0 Å². The van der Waals surface area contributed by atoms with Gasteiger partial charge in [-0.25, -0.2) is 4.79 Å². The Morgan fingerprint density at radius 3 is 2.64 bits per heavy atom. The minimum atomic E-state index is -0.236. The fourth-order valence-corrected chi connectivity index (χ4v) is 2.10. The molecule has 2 amide bonds. The van der Waals surface area contributed by atoms with Crippen LogP contribution in [0.3, 0.4) is 0 Å². The Hall–Kier alpha value is -3.00.